The van der Waals surface area contributed by atoms with Crippen LogP contribution in [0, 0.1) is 0 Å². The Labute approximate surface area is 161 Å². The number of nitrogens with zero attached hydrogens (tertiary/aromatic N) is 2. The zero-order valence-electron chi connectivity index (χ0n) is 16.4. The molecule has 1 atom stereocenters. The Kier molecular flexibility index (Phi) is 6.90. The van der Waals surface area contributed by atoms with E-state index in [9.17, 15) is 0 Å². The lowest BCUT2D eigenvalue weighted by atomic mass is 9.98. The van der Waals surface area contributed by atoms with Crippen molar-refractivity contribution in [1.82, 2.24) is 15.2 Å². The Bertz CT molecular complexity index is 691. The van der Waals surface area contributed by atoms with Crippen molar-refractivity contribution < 1.29 is 14.2 Å². The van der Waals surface area contributed by atoms with Crippen LogP contribution in [0.4, 0.5) is 0 Å². The second-order valence-corrected chi connectivity index (χ2v) is 6.64. The first-order valence-corrected chi connectivity index (χ1v) is 9.41. The lowest BCUT2D eigenvalue weighted by Gasteiger charge is -2.31. The van der Waals surface area contributed by atoms with Gasteiger partial charge in [-0.25, -0.2) is 0 Å². The van der Waals surface area contributed by atoms with Crippen LogP contribution in [0.3, 0.4) is 0 Å². The molecule has 2 aromatic rings. The van der Waals surface area contributed by atoms with Gasteiger partial charge in [0.2, 0.25) is 5.75 Å². The maximum Gasteiger partial charge on any atom is 0.203 e. The Morgan fingerprint density at radius 2 is 1.81 bits per heavy atom. The van der Waals surface area contributed by atoms with Crippen LogP contribution in [0.2, 0.25) is 0 Å². The second kappa shape index (κ2) is 9.58. The summed E-state index contributed by atoms with van der Waals surface area (Å²) in [5.41, 5.74) is 2.23. The zero-order chi connectivity index (χ0) is 19.1. The molecule has 6 nitrogen and oxygen atoms in total. The average molecular weight is 371 g/mol. The highest BCUT2D eigenvalue weighted by molar-refractivity contribution is 5.54. The lowest BCUT2D eigenvalue weighted by Crippen LogP contribution is -2.33. The minimum absolute atomic E-state index is 0.188. The number of ether oxygens (including phenoxy) is 3. The first-order valence-electron chi connectivity index (χ1n) is 9.41. The number of benzene rings is 1. The molecule has 3 rings (SSSR count). The highest BCUT2D eigenvalue weighted by atomic mass is 16.5. The predicted molar refractivity (Wildman–Crippen MR) is 106 cm³/mol. The van der Waals surface area contributed by atoms with Gasteiger partial charge in [-0.3, -0.25) is 9.88 Å². The average Bonchev–Trinajstić information content (AvgIpc) is 3.01. The summed E-state index contributed by atoms with van der Waals surface area (Å²) in [5, 5.41) is 3.48. The highest BCUT2D eigenvalue weighted by Crippen LogP contribution is 2.41. The van der Waals surface area contributed by atoms with Gasteiger partial charge >= 0.3 is 0 Å². The van der Waals surface area contributed by atoms with E-state index < -0.39 is 0 Å². The van der Waals surface area contributed by atoms with Crippen molar-refractivity contribution >= 4 is 0 Å². The molecule has 0 bridgehead atoms. The van der Waals surface area contributed by atoms with Crippen molar-refractivity contribution in [2.45, 2.75) is 18.9 Å². The van der Waals surface area contributed by atoms with Gasteiger partial charge in [0.05, 0.1) is 21.3 Å². The van der Waals surface area contributed by atoms with Crippen molar-refractivity contribution in [2.24, 2.45) is 0 Å². The minimum Gasteiger partial charge on any atom is -0.493 e. The Hall–Kier alpha value is -2.31. The fourth-order valence-corrected chi connectivity index (χ4v) is 3.65. The summed E-state index contributed by atoms with van der Waals surface area (Å²) in [5.74, 6) is 1.99. The van der Waals surface area contributed by atoms with E-state index in [1.54, 1.807) is 21.3 Å². The summed E-state index contributed by atoms with van der Waals surface area (Å²) in [7, 11) is 4.95. The molecule has 1 aliphatic rings. The summed E-state index contributed by atoms with van der Waals surface area (Å²) in [4.78, 5) is 7.07. The van der Waals surface area contributed by atoms with E-state index >= 15 is 0 Å². The molecule has 1 N–H and O–H groups in total. The van der Waals surface area contributed by atoms with Crippen LogP contribution in [0.5, 0.6) is 17.2 Å². The van der Waals surface area contributed by atoms with Crippen LogP contribution in [0.25, 0.3) is 0 Å². The van der Waals surface area contributed by atoms with Crippen LogP contribution < -0.4 is 19.5 Å². The number of pyridine rings is 1. The third kappa shape index (κ3) is 4.70. The van der Waals surface area contributed by atoms with Crippen molar-refractivity contribution in [3.05, 3.63) is 47.8 Å². The van der Waals surface area contributed by atoms with E-state index in [0.717, 1.165) is 50.3 Å². The van der Waals surface area contributed by atoms with Gasteiger partial charge in [0.25, 0.3) is 0 Å². The second-order valence-electron chi connectivity index (χ2n) is 6.64. The van der Waals surface area contributed by atoms with E-state index in [2.05, 4.69) is 33.4 Å². The predicted octanol–water partition coefficient (Wildman–Crippen LogP) is 2.69. The zero-order valence-corrected chi connectivity index (χ0v) is 16.4. The standard InChI is InChI=1S/C21H29N3O3/c1-25-19-13-16(14-20(26-2)21(19)27-3)18(15-17-7-4-5-9-23-17)24-11-6-8-22-10-12-24/h4-5,7,9,13-14,18,22H,6,8,10-12,15H2,1-3H3. The maximum atomic E-state index is 5.58. The molecule has 1 saturated heterocycles. The van der Waals surface area contributed by atoms with E-state index in [1.807, 2.05) is 18.3 Å². The normalized spacial score (nSPS) is 16.4. The third-order valence-electron chi connectivity index (χ3n) is 5.02. The van der Waals surface area contributed by atoms with Crippen molar-refractivity contribution in [3.8, 4) is 17.2 Å². The molecule has 1 aliphatic heterocycles. The summed E-state index contributed by atoms with van der Waals surface area (Å²) in [6.07, 6.45) is 3.81. The molecule has 0 amide bonds. The van der Waals surface area contributed by atoms with Crippen molar-refractivity contribution in [3.63, 3.8) is 0 Å². The SMILES string of the molecule is COc1cc(C(Cc2ccccn2)N2CCCNCC2)cc(OC)c1OC. The molecule has 0 spiro atoms. The maximum absolute atomic E-state index is 5.58. The molecule has 27 heavy (non-hydrogen) atoms. The molecule has 2 heterocycles. The van der Waals surface area contributed by atoms with E-state index in [4.69, 9.17) is 14.2 Å². The van der Waals surface area contributed by atoms with Gasteiger partial charge in [0.1, 0.15) is 0 Å². The summed E-state index contributed by atoms with van der Waals surface area (Å²) in [6.45, 7) is 4.08. The van der Waals surface area contributed by atoms with Gasteiger partial charge in [-0.2, -0.15) is 0 Å². The molecule has 1 fully saturated rings. The number of nitrogens with one attached hydrogen (secondary N) is 1. The quantitative estimate of drug-likeness (QED) is 0.808. The first-order chi connectivity index (χ1) is 13.3. The van der Waals surface area contributed by atoms with Crippen LogP contribution in [0.15, 0.2) is 36.5 Å². The van der Waals surface area contributed by atoms with Crippen LogP contribution in [-0.4, -0.2) is 57.4 Å². The van der Waals surface area contributed by atoms with Gasteiger partial charge < -0.3 is 19.5 Å². The van der Waals surface area contributed by atoms with E-state index in [-0.39, 0.29) is 6.04 Å². The van der Waals surface area contributed by atoms with Crippen LogP contribution >= 0.6 is 0 Å². The van der Waals surface area contributed by atoms with Gasteiger partial charge in [-0.05, 0) is 42.8 Å². The molecule has 1 aromatic heterocycles. The summed E-state index contributed by atoms with van der Waals surface area (Å²) in [6, 6.07) is 10.4. The Morgan fingerprint density at radius 3 is 2.44 bits per heavy atom. The third-order valence-corrected chi connectivity index (χ3v) is 5.02. The number of hydrogen-bond donors (Lipinski definition) is 1. The Morgan fingerprint density at radius 1 is 1.04 bits per heavy atom. The monoisotopic (exact) mass is 371 g/mol. The van der Waals surface area contributed by atoms with E-state index in [1.165, 1.54) is 0 Å². The molecule has 0 radical (unpaired) electrons. The largest absolute Gasteiger partial charge is 0.493 e. The number of hydrogen-bond acceptors (Lipinski definition) is 6. The van der Waals surface area contributed by atoms with Gasteiger partial charge in [0, 0.05) is 44.0 Å². The molecule has 146 valence electrons. The topological polar surface area (TPSA) is 55.9 Å². The van der Waals surface area contributed by atoms with Gasteiger partial charge in [0.15, 0.2) is 11.5 Å². The van der Waals surface area contributed by atoms with E-state index in [0.29, 0.717) is 17.2 Å². The fourth-order valence-electron chi connectivity index (χ4n) is 3.65. The minimum atomic E-state index is 0.188. The number of rotatable bonds is 7. The Balaban J connectivity index is 2.00. The molecule has 1 unspecified atom stereocenters. The molecule has 0 saturated carbocycles. The highest BCUT2D eigenvalue weighted by Gasteiger charge is 2.25. The first kappa shape index (κ1) is 19.5. The smallest absolute Gasteiger partial charge is 0.203 e. The molecule has 0 aliphatic carbocycles. The lowest BCUT2D eigenvalue weighted by molar-refractivity contribution is 0.207. The number of methoxy groups -OCH3 is 3. The number of aromatic nitrogens is 1. The molecule has 6 heteroatoms. The van der Waals surface area contributed by atoms with Gasteiger partial charge in [-0.15, -0.1) is 0 Å². The van der Waals surface area contributed by atoms with Crippen LogP contribution in [-0.2, 0) is 6.42 Å². The van der Waals surface area contributed by atoms with Gasteiger partial charge in [-0.1, -0.05) is 6.07 Å². The molecular weight excluding hydrogens is 342 g/mol. The van der Waals surface area contributed by atoms with Crippen LogP contribution in [0.1, 0.15) is 23.7 Å². The molecular formula is C21H29N3O3. The van der Waals surface area contributed by atoms with Crippen molar-refractivity contribution in [1.29, 1.82) is 0 Å². The molecule has 1 aromatic carbocycles. The fraction of sp³-hybridized carbons (Fsp3) is 0.476. The summed E-state index contributed by atoms with van der Waals surface area (Å²) >= 11 is 0. The van der Waals surface area contributed by atoms with Crippen molar-refractivity contribution in [2.75, 3.05) is 47.5 Å². The summed E-state index contributed by atoms with van der Waals surface area (Å²) < 4.78 is 16.7.